The van der Waals surface area contributed by atoms with E-state index in [4.69, 9.17) is 9.47 Å². The van der Waals surface area contributed by atoms with Crippen LogP contribution in [0.25, 0.3) is 0 Å². The smallest absolute Gasteiger partial charge is 0.138 e. The monoisotopic (exact) mass is 268 g/mol. The van der Waals surface area contributed by atoms with Crippen molar-refractivity contribution in [2.24, 2.45) is 0 Å². The summed E-state index contributed by atoms with van der Waals surface area (Å²) in [6, 6.07) is 0.537. The van der Waals surface area contributed by atoms with Crippen LogP contribution in [0, 0.1) is 0 Å². The van der Waals surface area contributed by atoms with E-state index in [9.17, 15) is 0 Å². The fourth-order valence-electron chi connectivity index (χ4n) is 2.38. The van der Waals surface area contributed by atoms with Crippen LogP contribution in [0.5, 0.6) is 0 Å². The summed E-state index contributed by atoms with van der Waals surface area (Å²) >= 11 is 0. The minimum Gasteiger partial charge on any atom is -0.376 e. The third kappa shape index (κ3) is 3.75. The van der Waals surface area contributed by atoms with Gasteiger partial charge in [0.2, 0.25) is 0 Å². The fraction of sp³-hybridized carbons (Fsp3) is 0.846. The molecule has 19 heavy (non-hydrogen) atoms. The van der Waals surface area contributed by atoms with Gasteiger partial charge in [-0.1, -0.05) is 6.92 Å². The number of likely N-dealkylation sites (N-methyl/N-ethyl adjacent to an activating group) is 1. The van der Waals surface area contributed by atoms with Gasteiger partial charge in [0.1, 0.15) is 12.2 Å². The van der Waals surface area contributed by atoms with Crippen molar-refractivity contribution in [2.45, 2.75) is 45.4 Å². The molecule has 1 aliphatic heterocycles. The maximum Gasteiger partial charge on any atom is 0.138 e. The largest absolute Gasteiger partial charge is 0.376 e. The van der Waals surface area contributed by atoms with E-state index in [1.165, 1.54) is 0 Å². The standard InChI is InChI=1S/C13H24N4O2/c1-4-14-11(12-8-18-5-6-19-12)7-13-15-9-16-17(13)10(2)3/h9-12,14H,4-8H2,1-3H3. The van der Waals surface area contributed by atoms with Crippen LogP contribution in [0.4, 0.5) is 0 Å². The number of nitrogens with one attached hydrogen (secondary N) is 1. The summed E-state index contributed by atoms with van der Waals surface area (Å²) in [7, 11) is 0. The lowest BCUT2D eigenvalue weighted by atomic mass is 10.1. The molecule has 0 saturated carbocycles. The number of nitrogens with zero attached hydrogens (tertiary/aromatic N) is 3. The summed E-state index contributed by atoms with van der Waals surface area (Å²) < 4.78 is 13.3. The zero-order valence-corrected chi connectivity index (χ0v) is 12.0. The third-order valence-electron chi connectivity index (χ3n) is 3.30. The Labute approximate surface area is 114 Å². The Hall–Kier alpha value is -0.980. The average molecular weight is 268 g/mol. The second kappa shape index (κ2) is 6.98. The zero-order valence-electron chi connectivity index (χ0n) is 12.0. The van der Waals surface area contributed by atoms with Gasteiger partial charge in [-0.15, -0.1) is 0 Å². The highest BCUT2D eigenvalue weighted by Crippen LogP contribution is 2.13. The Morgan fingerprint density at radius 3 is 2.95 bits per heavy atom. The van der Waals surface area contributed by atoms with Crippen LogP contribution >= 0.6 is 0 Å². The Bertz CT molecular complexity index is 374. The van der Waals surface area contributed by atoms with E-state index in [-0.39, 0.29) is 12.1 Å². The summed E-state index contributed by atoms with van der Waals surface area (Å²) in [5.41, 5.74) is 0. The molecular weight excluding hydrogens is 244 g/mol. The maximum atomic E-state index is 5.80. The topological polar surface area (TPSA) is 61.2 Å². The first-order valence-corrected chi connectivity index (χ1v) is 7.03. The summed E-state index contributed by atoms with van der Waals surface area (Å²) in [5, 5.41) is 7.75. The second-order valence-corrected chi connectivity index (χ2v) is 5.07. The van der Waals surface area contributed by atoms with Gasteiger partial charge in [-0.2, -0.15) is 5.10 Å². The van der Waals surface area contributed by atoms with Crippen molar-refractivity contribution in [1.82, 2.24) is 20.1 Å². The predicted molar refractivity (Wildman–Crippen MR) is 72.1 cm³/mol. The predicted octanol–water partition coefficient (Wildman–Crippen LogP) is 0.795. The highest BCUT2D eigenvalue weighted by Gasteiger charge is 2.26. The average Bonchev–Trinajstić information content (AvgIpc) is 2.88. The van der Waals surface area contributed by atoms with Crippen molar-refractivity contribution in [3.05, 3.63) is 12.2 Å². The van der Waals surface area contributed by atoms with Gasteiger partial charge in [-0.25, -0.2) is 9.67 Å². The number of rotatable bonds is 6. The van der Waals surface area contributed by atoms with Gasteiger partial charge in [0.15, 0.2) is 0 Å². The fourth-order valence-corrected chi connectivity index (χ4v) is 2.38. The molecule has 0 amide bonds. The molecule has 0 aromatic carbocycles. The quantitative estimate of drug-likeness (QED) is 0.826. The van der Waals surface area contributed by atoms with Crippen molar-refractivity contribution in [1.29, 1.82) is 0 Å². The molecule has 2 unspecified atom stereocenters. The van der Waals surface area contributed by atoms with E-state index in [0.29, 0.717) is 25.9 Å². The van der Waals surface area contributed by atoms with Crippen LogP contribution in [0.1, 0.15) is 32.6 Å². The number of hydrogen-bond donors (Lipinski definition) is 1. The molecule has 6 heteroatoms. The Morgan fingerprint density at radius 1 is 1.47 bits per heavy atom. The Kier molecular flexibility index (Phi) is 5.30. The molecule has 1 fully saturated rings. The van der Waals surface area contributed by atoms with E-state index in [1.807, 2.05) is 4.68 Å². The molecular formula is C13H24N4O2. The zero-order chi connectivity index (χ0) is 13.7. The molecule has 6 nitrogen and oxygen atoms in total. The van der Waals surface area contributed by atoms with E-state index >= 15 is 0 Å². The van der Waals surface area contributed by atoms with E-state index < -0.39 is 0 Å². The molecule has 1 aromatic heterocycles. The van der Waals surface area contributed by atoms with E-state index in [1.54, 1.807) is 6.33 Å². The molecule has 0 bridgehead atoms. The molecule has 1 aliphatic rings. The van der Waals surface area contributed by atoms with Crippen molar-refractivity contribution < 1.29 is 9.47 Å². The van der Waals surface area contributed by atoms with Gasteiger partial charge in [-0.05, 0) is 20.4 Å². The molecule has 1 aromatic rings. The van der Waals surface area contributed by atoms with Gasteiger partial charge in [0.25, 0.3) is 0 Å². The molecule has 0 spiro atoms. The van der Waals surface area contributed by atoms with Gasteiger partial charge in [0.05, 0.1) is 25.9 Å². The summed E-state index contributed by atoms with van der Waals surface area (Å²) in [6.45, 7) is 9.24. The molecule has 2 heterocycles. The first kappa shape index (κ1) is 14.4. The molecule has 2 rings (SSSR count). The summed E-state index contributed by atoms with van der Waals surface area (Å²) in [6.07, 6.45) is 2.52. The summed E-state index contributed by atoms with van der Waals surface area (Å²) in [4.78, 5) is 4.37. The van der Waals surface area contributed by atoms with Gasteiger partial charge in [0, 0.05) is 18.5 Å². The normalized spacial score (nSPS) is 21.8. The third-order valence-corrected chi connectivity index (χ3v) is 3.30. The minimum atomic E-state index is 0.0889. The molecule has 0 radical (unpaired) electrons. The Morgan fingerprint density at radius 2 is 2.32 bits per heavy atom. The molecule has 108 valence electrons. The van der Waals surface area contributed by atoms with Gasteiger partial charge in [-0.3, -0.25) is 0 Å². The van der Waals surface area contributed by atoms with Crippen molar-refractivity contribution in [2.75, 3.05) is 26.4 Å². The SMILES string of the molecule is CCNC(Cc1ncnn1C(C)C)C1COCCO1. The Balaban J connectivity index is 2.04. The lowest BCUT2D eigenvalue weighted by Crippen LogP contribution is -2.48. The lowest BCUT2D eigenvalue weighted by Gasteiger charge is -2.31. The van der Waals surface area contributed by atoms with E-state index in [0.717, 1.165) is 18.8 Å². The molecule has 1 N–H and O–H groups in total. The number of ether oxygens (including phenoxy) is 2. The molecule has 1 saturated heterocycles. The van der Waals surface area contributed by atoms with Gasteiger partial charge >= 0.3 is 0 Å². The van der Waals surface area contributed by atoms with Crippen LogP contribution in [0.3, 0.4) is 0 Å². The summed E-state index contributed by atoms with van der Waals surface area (Å²) in [5.74, 6) is 0.995. The minimum absolute atomic E-state index is 0.0889. The lowest BCUT2D eigenvalue weighted by molar-refractivity contribution is -0.101. The number of aromatic nitrogens is 3. The van der Waals surface area contributed by atoms with Crippen LogP contribution < -0.4 is 5.32 Å². The van der Waals surface area contributed by atoms with Crippen LogP contribution in [0.2, 0.25) is 0 Å². The molecule has 2 atom stereocenters. The highest BCUT2D eigenvalue weighted by atomic mass is 16.6. The van der Waals surface area contributed by atoms with Crippen molar-refractivity contribution in [3.8, 4) is 0 Å². The van der Waals surface area contributed by atoms with Gasteiger partial charge < -0.3 is 14.8 Å². The van der Waals surface area contributed by atoms with E-state index in [2.05, 4.69) is 36.2 Å². The highest BCUT2D eigenvalue weighted by molar-refractivity contribution is 4.94. The van der Waals surface area contributed by atoms with Crippen LogP contribution in [-0.2, 0) is 15.9 Å². The second-order valence-electron chi connectivity index (χ2n) is 5.07. The van der Waals surface area contributed by atoms with Crippen LogP contribution in [-0.4, -0.2) is 53.3 Å². The first-order chi connectivity index (χ1) is 9.22. The van der Waals surface area contributed by atoms with Crippen LogP contribution in [0.15, 0.2) is 6.33 Å². The van der Waals surface area contributed by atoms with Crippen molar-refractivity contribution >= 4 is 0 Å². The molecule has 0 aliphatic carbocycles. The number of hydrogen-bond acceptors (Lipinski definition) is 5. The van der Waals surface area contributed by atoms with Crippen molar-refractivity contribution in [3.63, 3.8) is 0 Å². The maximum absolute atomic E-state index is 5.80. The first-order valence-electron chi connectivity index (χ1n) is 7.03.